The van der Waals surface area contributed by atoms with Crippen molar-refractivity contribution in [2.45, 2.75) is 113 Å². The monoisotopic (exact) mass is 2120 g/mol. The van der Waals surface area contributed by atoms with Gasteiger partial charge in [0.25, 0.3) is 0 Å². The van der Waals surface area contributed by atoms with Crippen molar-refractivity contribution in [2.24, 2.45) is 0 Å². The fourth-order valence-electron chi connectivity index (χ4n) is 17.6. The molecule has 0 aromatic heterocycles. The largest absolute Gasteiger partial charge is 0.199 e. The molecular weight excluding hydrogens is 2000 g/mol. The Hall–Kier alpha value is -11.1. The molecule has 2 spiro atoms. The molecule has 0 amide bonds. The second-order valence-electron chi connectivity index (χ2n) is 32.6. The summed E-state index contributed by atoms with van der Waals surface area (Å²) in [6, 6.07) is 139. The minimum Gasteiger partial charge on any atom is -0.199 e. The van der Waals surface area contributed by atoms with Crippen molar-refractivity contribution in [3.8, 4) is 23.0 Å². The molecule has 0 fully saturated rings. The van der Waals surface area contributed by atoms with Crippen LogP contribution in [0.15, 0.2) is 409 Å². The van der Waals surface area contributed by atoms with Gasteiger partial charge in [0.1, 0.15) is 23.0 Å². The maximum absolute atomic E-state index is 13.3. The van der Waals surface area contributed by atoms with E-state index in [9.17, 15) is 9.59 Å². The Labute approximate surface area is 838 Å². The fraction of sp³-hybridized carbons (Fsp3) is 0.175. The molecule has 0 N–H and O–H groups in total. The van der Waals surface area contributed by atoms with Crippen LogP contribution in [-0.4, -0.2) is 38.1 Å². The molecule has 2 unspecified atom stereocenters. The minimum atomic E-state index is -1.06. The molecule has 0 saturated heterocycles. The van der Waals surface area contributed by atoms with E-state index in [-0.39, 0.29) is 19.4 Å². The van der Waals surface area contributed by atoms with E-state index >= 15 is 0 Å². The summed E-state index contributed by atoms with van der Waals surface area (Å²) < 4.78 is 27.7. The van der Waals surface area contributed by atoms with E-state index in [0.29, 0.717) is 22.6 Å². The number of benzene rings is 16. The number of esters is 2. The third kappa shape index (κ3) is 23.4. The number of halogens is 3. The predicted molar refractivity (Wildman–Crippen MR) is 581 cm³/mol. The Kier molecular flexibility index (Phi) is 37.2. The molecule has 4 aliphatic rings. The first kappa shape index (κ1) is 101. The second-order valence-corrected chi connectivity index (χ2v) is 41.0. The van der Waals surface area contributed by atoms with E-state index in [0.717, 1.165) is 135 Å². The number of anilines is 2. The van der Waals surface area contributed by atoms with Crippen LogP contribution in [0.1, 0.15) is 157 Å². The van der Waals surface area contributed by atoms with Gasteiger partial charge in [-0.05, 0) is 225 Å². The first-order valence-electron chi connectivity index (χ1n) is 45.9. The third-order valence-corrected chi connectivity index (χ3v) is 33.0. The maximum atomic E-state index is 13.3. The van der Waals surface area contributed by atoms with Crippen molar-refractivity contribution in [2.75, 3.05) is 36.0 Å². The smallest absolute Gasteiger partial charge is 0.0134 e. The standard InChI is InChI=1S/C33H39NO3.C25H21Br2NO3.3C18H15P.C7H7.CH4.BrH.Pd/c1-6-10-14-23-19-27-30(18-22(23)5)36-31-21-29(34(8-3)9-4)24(15-11-7-2)20-28(31)33(27)26-17-13-12-16-25(26)32(35)37-33;1-4-28(5-2)21-13-23-18(12-20(21)27)25(16-9-7-6-8-15(16)24(29)31-25)17-11-19(26)14(3)10-22(17)30-23;3*1-4-10-16(11-5-1)19(17-12-6-2-7-13-17)18-14-8-3-9-15-18;1-7-5-3-2-4-6-7;;;/h12-13,16-21H,6-11,14-15H2,1-5H3;6-13H,4-5H2,1-3H3;3*1-15H;2-6H,1H2;1H4;1H;/q;;;;;-1;;;+2/p-1. The number of fused-ring (bicyclic) bond motifs is 12. The number of carbonyl (C=O) groups is 2. The van der Waals surface area contributed by atoms with Crippen LogP contribution < -0.4 is 67.0 Å². The molecule has 2 atom stereocenters. The normalized spacial score (nSPS) is 13.8. The molecule has 0 radical (unpaired) electrons. The predicted octanol–water partition coefficient (Wildman–Crippen LogP) is 28.7. The zero-order chi connectivity index (χ0) is 93.9. The zero-order valence-corrected chi connectivity index (χ0v) is 86.0. The third-order valence-electron chi connectivity index (χ3n) is 24.2. The SMILES string of the molecule is C.CCCCc1cc2c(cc1C)Oc1cc(N(CC)CC)c(CCCC)cc1C21OC(=O)c2ccccc21.CCN(CC)c1cc2c(cc1Br)C1(OC(=O)c3ccccc31)c1cc(Br)c(C)cc1O2.[Br][Pd+].[CH2-]c1ccccc1.c1ccc(P(c2ccccc2)c2ccccc2)cc1.c1ccc(P(c2ccccc2)c2ccccc2)cc1.c1ccc(P(c2ccccc2)c2ccccc2)cc1. The molecule has 0 bridgehead atoms. The summed E-state index contributed by atoms with van der Waals surface area (Å²) in [4.78, 5) is 31.0. The molecule has 16 aromatic carbocycles. The van der Waals surface area contributed by atoms with Gasteiger partial charge in [-0.1, -0.05) is 365 Å². The van der Waals surface area contributed by atoms with Crippen LogP contribution in [0.5, 0.6) is 23.0 Å². The van der Waals surface area contributed by atoms with Gasteiger partial charge in [0.05, 0.1) is 16.8 Å². The first-order chi connectivity index (χ1) is 65.6. The van der Waals surface area contributed by atoms with Gasteiger partial charge >= 0.3 is 42.6 Å². The van der Waals surface area contributed by atoms with E-state index < -0.39 is 35.0 Å². The number of hydrogen-bond acceptors (Lipinski definition) is 8. The summed E-state index contributed by atoms with van der Waals surface area (Å²) in [5.41, 5.74) is 12.6. The number of nitrogens with zero attached hydrogens (tertiary/aromatic N) is 2. The van der Waals surface area contributed by atoms with E-state index in [4.69, 9.17) is 18.9 Å². The van der Waals surface area contributed by atoms with Gasteiger partial charge in [-0.3, -0.25) is 0 Å². The van der Waals surface area contributed by atoms with Gasteiger partial charge in [0, 0.05) is 86.3 Å². The molecule has 0 saturated carbocycles. The molecule has 15 heteroatoms. The Morgan fingerprint density at radius 2 is 0.556 bits per heavy atom. The number of hydrogen-bond donors (Lipinski definition) is 0. The van der Waals surface area contributed by atoms with E-state index in [2.05, 4.69) is 431 Å². The molecule has 20 rings (SSSR count). The maximum Gasteiger partial charge on any atom is -0.0134 e. The van der Waals surface area contributed by atoms with Gasteiger partial charge in [-0.15, -0.1) is 12.1 Å². The van der Waals surface area contributed by atoms with Gasteiger partial charge in [-0.25, -0.2) is 9.59 Å². The molecule has 0 aliphatic carbocycles. The summed E-state index contributed by atoms with van der Waals surface area (Å²) in [5, 5.41) is 12.6. The van der Waals surface area contributed by atoms with Crippen LogP contribution in [0.4, 0.5) is 11.4 Å². The first-order valence-corrected chi connectivity index (χ1v) is 55.1. The summed E-state index contributed by atoms with van der Waals surface area (Å²) in [5.74, 6) is 2.36. The topological polar surface area (TPSA) is 77.5 Å². The molecule has 16 aromatic rings. The number of ether oxygens (including phenoxy) is 4. The minimum absolute atomic E-state index is 0. The van der Waals surface area contributed by atoms with Crippen molar-refractivity contribution in [3.05, 3.63) is 489 Å². The summed E-state index contributed by atoms with van der Waals surface area (Å²) in [7, 11) is -1.34. The molecule has 135 heavy (non-hydrogen) atoms. The Balaban J connectivity index is 0.000000143. The van der Waals surface area contributed by atoms with Gasteiger partial charge in [0.15, 0.2) is 11.2 Å². The molecule has 4 heterocycles. The van der Waals surface area contributed by atoms with Crippen molar-refractivity contribution < 1.29 is 45.7 Å². The van der Waals surface area contributed by atoms with Crippen LogP contribution in [0.3, 0.4) is 0 Å². The summed E-state index contributed by atoms with van der Waals surface area (Å²) in [6.45, 7) is 24.6. The van der Waals surface area contributed by atoms with Crippen molar-refractivity contribution >= 4 is 140 Å². The van der Waals surface area contributed by atoms with Gasteiger partial charge in [0.2, 0.25) is 0 Å². The molecular formula is C120H116Br3N2O6P3Pd. The van der Waals surface area contributed by atoms with Gasteiger partial charge < -0.3 is 28.7 Å². The van der Waals surface area contributed by atoms with Crippen LogP contribution >= 0.6 is 69.1 Å². The van der Waals surface area contributed by atoms with Crippen LogP contribution in [0.25, 0.3) is 0 Å². The van der Waals surface area contributed by atoms with Crippen molar-refractivity contribution in [3.63, 3.8) is 0 Å². The average Bonchev–Trinajstić information content (AvgIpc) is 1.59. The Morgan fingerprint density at radius 3 is 0.859 bits per heavy atom. The number of aryl methyl sites for hydroxylation is 4. The molecule has 8 nitrogen and oxygen atoms in total. The van der Waals surface area contributed by atoms with Crippen LogP contribution in [0.2, 0.25) is 0 Å². The summed E-state index contributed by atoms with van der Waals surface area (Å²) >= 11 is 12.8. The number of rotatable bonds is 21. The van der Waals surface area contributed by atoms with Crippen molar-refractivity contribution in [1.29, 1.82) is 0 Å². The van der Waals surface area contributed by atoms with Crippen molar-refractivity contribution in [1.82, 2.24) is 0 Å². The van der Waals surface area contributed by atoms with Gasteiger partial charge in [-0.2, -0.15) is 24.6 Å². The average molecular weight is 2120 g/mol. The number of carbonyl (C=O) groups excluding carboxylic acids is 2. The number of unbranched alkanes of at least 4 members (excludes halogenated alkanes) is 2. The van der Waals surface area contributed by atoms with Crippen LogP contribution in [-0.2, 0) is 50.7 Å². The second kappa shape index (κ2) is 49.6. The van der Waals surface area contributed by atoms with E-state index in [1.54, 1.807) is 0 Å². The molecule has 4 aliphatic heterocycles. The summed E-state index contributed by atoms with van der Waals surface area (Å²) in [6.07, 6.45) is 6.45. The molecule has 688 valence electrons. The van der Waals surface area contributed by atoms with E-state index in [1.807, 2.05) is 104 Å². The van der Waals surface area contributed by atoms with E-state index in [1.165, 1.54) is 70.1 Å². The Bertz CT molecular complexity index is 5940. The fourth-order valence-corrected chi connectivity index (χ4v) is 25.5. The quantitative estimate of drug-likeness (QED) is 0.0305. The zero-order valence-electron chi connectivity index (χ0n) is 77.0. The Morgan fingerprint density at radius 1 is 0.304 bits per heavy atom. The van der Waals surface area contributed by atoms with Crippen LogP contribution in [0, 0.1) is 20.8 Å².